The van der Waals surface area contributed by atoms with Crippen molar-refractivity contribution >= 4 is 11.8 Å². The average Bonchev–Trinajstić information content (AvgIpc) is 3.03. The van der Waals surface area contributed by atoms with Gasteiger partial charge in [-0.2, -0.15) is 0 Å². The fraction of sp³-hybridized carbons (Fsp3) is 0.619. The maximum Gasteiger partial charge on any atom is 0.252 e. The number of likely N-dealkylation sites (tertiary alicyclic amines) is 1. The first-order valence-electron chi connectivity index (χ1n) is 10.00. The number of aliphatic hydroxyl groups is 1. The fourth-order valence-electron chi connectivity index (χ4n) is 4.89. The number of aliphatic hydroxyl groups excluding tert-OH is 1. The van der Waals surface area contributed by atoms with E-state index < -0.39 is 17.7 Å². The highest BCUT2D eigenvalue weighted by atomic mass is 16.5. The van der Waals surface area contributed by atoms with Crippen molar-refractivity contribution in [3.05, 3.63) is 29.8 Å². The number of methoxy groups -OCH3 is 1. The van der Waals surface area contributed by atoms with E-state index in [1.165, 1.54) is 4.90 Å². The second-order valence-corrected chi connectivity index (χ2v) is 8.73. The zero-order valence-corrected chi connectivity index (χ0v) is 16.8. The van der Waals surface area contributed by atoms with Crippen LogP contribution >= 0.6 is 0 Å². The smallest absolute Gasteiger partial charge is 0.252 e. The van der Waals surface area contributed by atoms with E-state index in [9.17, 15) is 14.7 Å². The number of amides is 2. The number of hydrogen-bond acceptors (Lipinski definition) is 6. The molecule has 3 saturated heterocycles. The molecule has 0 aromatic heterocycles. The number of piperazine rings is 1. The van der Waals surface area contributed by atoms with Gasteiger partial charge in [0.2, 0.25) is 5.91 Å². The first-order chi connectivity index (χ1) is 13.3. The average molecular weight is 387 g/mol. The Kier molecular flexibility index (Phi) is 4.93. The SMILES string of the molecule is COc1ccc(CN2C(=O)C3CC(O)CN3C3(CN(CC(C)C)C3)C2=O)cc1. The predicted molar refractivity (Wildman–Crippen MR) is 104 cm³/mol. The molecule has 28 heavy (non-hydrogen) atoms. The van der Waals surface area contributed by atoms with Crippen molar-refractivity contribution in [2.24, 2.45) is 5.92 Å². The number of ether oxygens (including phenoxy) is 1. The van der Waals surface area contributed by atoms with Crippen LogP contribution in [0.15, 0.2) is 24.3 Å². The Labute approximate surface area is 165 Å². The van der Waals surface area contributed by atoms with Crippen LogP contribution in [0.4, 0.5) is 0 Å². The highest BCUT2D eigenvalue weighted by Crippen LogP contribution is 2.41. The van der Waals surface area contributed by atoms with Crippen molar-refractivity contribution in [2.45, 2.75) is 44.5 Å². The lowest BCUT2D eigenvalue weighted by atomic mass is 9.82. The van der Waals surface area contributed by atoms with Crippen molar-refractivity contribution in [3.8, 4) is 5.75 Å². The fourth-order valence-corrected chi connectivity index (χ4v) is 4.89. The van der Waals surface area contributed by atoms with Gasteiger partial charge in [-0.15, -0.1) is 0 Å². The number of carbonyl (C=O) groups excluding carboxylic acids is 2. The summed E-state index contributed by atoms with van der Waals surface area (Å²) in [6.07, 6.45) is -0.157. The summed E-state index contributed by atoms with van der Waals surface area (Å²) in [4.78, 5) is 32.2. The highest BCUT2D eigenvalue weighted by Gasteiger charge is 2.64. The molecule has 2 unspecified atom stereocenters. The molecule has 7 nitrogen and oxygen atoms in total. The summed E-state index contributed by atoms with van der Waals surface area (Å²) >= 11 is 0. The normalized spacial score (nSPS) is 27.4. The number of β-amino-alcohol motifs (C(OH)–C–C–N with tert-alkyl or cyclic N) is 1. The Balaban J connectivity index is 1.58. The molecule has 2 amide bonds. The summed E-state index contributed by atoms with van der Waals surface area (Å²) in [5.74, 6) is 0.946. The summed E-state index contributed by atoms with van der Waals surface area (Å²) in [6.45, 7) is 7.16. The number of nitrogens with zero attached hydrogens (tertiary/aromatic N) is 3. The molecule has 7 heteroatoms. The van der Waals surface area contributed by atoms with Crippen LogP contribution in [0.5, 0.6) is 5.75 Å². The van der Waals surface area contributed by atoms with Gasteiger partial charge < -0.3 is 9.84 Å². The van der Waals surface area contributed by atoms with E-state index in [-0.39, 0.29) is 18.4 Å². The lowest BCUT2D eigenvalue weighted by Crippen LogP contribution is -2.81. The number of benzene rings is 1. The molecule has 152 valence electrons. The van der Waals surface area contributed by atoms with Gasteiger partial charge in [-0.05, 0) is 30.0 Å². The first kappa shape index (κ1) is 19.4. The zero-order valence-electron chi connectivity index (χ0n) is 16.8. The van der Waals surface area contributed by atoms with Gasteiger partial charge in [-0.3, -0.25) is 24.3 Å². The van der Waals surface area contributed by atoms with Gasteiger partial charge in [0.25, 0.3) is 5.91 Å². The molecule has 2 atom stereocenters. The maximum absolute atomic E-state index is 13.5. The molecule has 3 aliphatic rings. The van der Waals surface area contributed by atoms with E-state index in [0.29, 0.717) is 32.0 Å². The van der Waals surface area contributed by atoms with Crippen LogP contribution in [-0.4, -0.2) is 82.6 Å². The molecule has 1 N–H and O–H groups in total. The number of carbonyl (C=O) groups is 2. The Hall–Kier alpha value is -1.96. The topological polar surface area (TPSA) is 73.3 Å². The van der Waals surface area contributed by atoms with E-state index in [2.05, 4.69) is 18.7 Å². The largest absolute Gasteiger partial charge is 0.497 e. The van der Waals surface area contributed by atoms with Crippen molar-refractivity contribution < 1.29 is 19.4 Å². The molecular weight excluding hydrogens is 358 g/mol. The number of fused-ring (bicyclic) bond motifs is 2. The summed E-state index contributed by atoms with van der Waals surface area (Å²) in [5.41, 5.74) is 0.209. The van der Waals surface area contributed by atoms with Gasteiger partial charge in [0, 0.05) is 26.2 Å². The molecular formula is C21H29N3O4. The Morgan fingerprint density at radius 3 is 2.50 bits per heavy atom. The Bertz CT molecular complexity index is 757. The summed E-state index contributed by atoms with van der Waals surface area (Å²) in [7, 11) is 1.61. The quantitative estimate of drug-likeness (QED) is 0.751. The standard InChI is InChI=1S/C21H29N3O4/c1-14(2)9-22-12-21(13-22)20(27)23(10-15-4-6-17(28-3)7-5-15)19(26)18-8-16(25)11-24(18)21/h4-7,14,16,18,25H,8-13H2,1-3H3. The van der Waals surface area contributed by atoms with Gasteiger partial charge in [-0.1, -0.05) is 26.0 Å². The molecule has 3 heterocycles. The molecule has 0 saturated carbocycles. The van der Waals surface area contributed by atoms with Crippen LogP contribution in [0.2, 0.25) is 0 Å². The van der Waals surface area contributed by atoms with Crippen LogP contribution in [0.1, 0.15) is 25.8 Å². The van der Waals surface area contributed by atoms with Crippen LogP contribution in [0.3, 0.4) is 0 Å². The van der Waals surface area contributed by atoms with E-state index in [0.717, 1.165) is 17.9 Å². The lowest BCUT2D eigenvalue weighted by Gasteiger charge is -2.59. The van der Waals surface area contributed by atoms with Crippen molar-refractivity contribution in [1.82, 2.24) is 14.7 Å². The predicted octanol–water partition coefficient (Wildman–Crippen LogP) is 0.710. The summed E-state index contributed by atoms with van der Waals surface area (Å²) < 4.78 is 5.19. The van der Waals surface area contributed by atoms with Crippen molar-refractivity contribution in [1.29, 1.82) is 0 Å². The Morgan fingerprint density at radius 2 is 1.89 bits per heavy atom. The summed E-state index contributed by atoms with van der Waals surface area (Å²) in [6, 6.07) is 7.03. The molecule has 1 aromatic rings. The van der Waals surface area contributed by atoms with Gasteiger partial charge in [0.15, 0.2) is 0 Å². The van der Waals surface area contributed by atoms with E-state index in [1.807, 2.05) is 29.2 Å². The third-order valence-corrected chi connectivity index (χ3v) is 6.12. The molecule has 1 spiro atoms. The maximum atomic E-state index is 13.5. The second-order valence-electron chi connectivity index (χ2n) is 8.73. The number of hydrogen-bond donors (Lipinski definition) is 1. The minimum Gasteiger partial charge on any atom is -0.497 e. The number of rotatable bonds is 5. The molecule has 4 rings (SSSR count). The van der Waals surface area contributed by atoms with Gasteiger partial charge in [-0.25, -0.2) is 0 Å². The molecule has 3 fully saturated rings. The van der Waals surface area contributed by atoms with Crippen molar-refractivity contribution in [3.63, 3.8) is 0 Å². The van der Waals surface area contributed by atoms with Crippen LogP contribution < -0.4 is 4.74 Å². The molecule has 3 aliphatic heterocycles. The molecule has 0 aliphatic carbocycles. The second kappa shape index (κ2) is 7.13. The van der Waals surface area contributed by atoms with Gasteiger partial charge in [0.1, 0.15) is 11.3 Å². The minimum atomic E-state index is -0.683. The van der Waals surface area contributed by atoms with Crippen LogP contribution in [0.25, 0.3) is 0 Å². The van der Waals surface area contributed by atoms with Gasteiger partial charge in [0.05, 0.1) is 25.8 Å². The highest BCUT2D eigenvalue weighted by molar-refractivity contribution is 6.06. The van der Waals surface area contributed by atoms with Crippen LogP contribution in [0, 0.1) is 5.92 Å². The minimum absolute atomic E-state index is 0.126. The number of imide groups is 1. The van der Waals surface area contributed by atoms with Crippen LogP contribution in [-0.2, 0) is 16.1 Å². The van der Waals surface area contributed by atoms with E-state index in [1.54, 1.807) is 7.11 Å². The third kappa shape index (κ3) is 3.11. The molecule has 1 aromatic carbocycles. The summed E-state index contributed by atoms with van der Waals surface area (Å²) in [5, 5.41) is 10.2. The lowest BCUT2D eigenvalue weighted by molar-refractivity contribution is -0.181. The van der Waals surface area contributed by atoms with Gasteiger partial charge >= 0.3 is 0 Å². The van der Waals surface area contributed by atoms with Crippen molar-refractivity contribution in [2.75, 3.05) is 33.3 Å². The molecule has 0 radical (unpaired) electrons. The monoisotopic (exact) mass is 387 g/mol. The first-order valence-corrected chi connectivity index (χ1v) is 10.00. The zero-order chi connectivity index (χ0) is 20.1. The Morgan fingerprint density at radius 1 is 1.21 bits per heavy atom. The molecule has 0 bridgehead atoms. The van der Waals surface area contributed by atoms with E-state index >= 15 is 0 Å². The third-order valence-electron chi connectivity index (χ3n) is 6.12. The van der Waals surface area contributed by atoms with E-state index in [4.69, 9.17) is 4.74 Å².